The number of aromatic nitrogens is 3. The fourth-order valence-corrected chi connectivity index (χ4v) is 2.78. The van der Waals surface area contributed by atoms with Gasteiger partial charge in [-0.3, -0.25) is 0 Å². The number of imidazole rings is 1. The predicted octanol–water partition coefficient (Wildman–Crippen LogP) is 2.17. The number of nitrogens with one attached hydrogen (secondary N) is 1. The quantitative estimate of drug-likeness (QED) is 0.884. The summed E-state index contributed by atoms with van der Waals surface area (Å²) in [5, 5.41) is 4.45. The molecule has 0 bridgehead atoms. The number of aryl methyl sites for hydroxylation is 2. The molecule has 0 saturated carbocycles. The Hall–Kier alpha value is -1.20. The molecule has 0 saturated heterocycles. The summed E-state index contributed by atoms with van der Waals surface area (Å²) < 4.78 is 2.18. The van der Waals surface area contributed by atoms with Crippen molar-refractivity contribution in [1.29, 1.82) is 0 Å². The Morgan fingerprint density at radius 2 is 2.29 bits per heavy atom. The molecule has 92 valence electrons. The molecule has 0 radical (unpaired) electrons. The monoisotopic (exact) mass is 250 g/mol. The highest BCUT2D eigenvalue weighted by atomic mass is 32.1. The van der Waals surface area contributed by atoms with Gasteiger partial charge < -0.3 is 9.88 Å². The van der Waals surface area contributed by atoms with Crippen LogP contribution in [0.15, 0.2) is 18.6 Å². The smallest absolute Gasteiger partial charge is 0.110 e. The molecule has 0 aliphatic rings. The Bertz CT molecular complexity index is 474. The second kappa shape index (κ2) is 5.42. The molecule has 2 rings (SSSR count). The Balaban J connectivity index is 2.15. The van der Waals surface area contributed by atoms with Crippen molar-refractivity contribution in [2.45, 2.75) is 32.9 Å². The molecule has 17 heavy (non-hydrogen) atoms. The molecule has 0 aromatic carbocycles. The molecule has 1 N–H and O–H groups in total. The van der Waals surface area contributed by atoms with Crippen LogP contribution in [0.3, 0.4) is 0 Å². The van der Waals surface area contributed by atoms with E-state index in [0.29, 0.717) is 6.04 Å². The van der Waals surface area contributed by atoms with Gasteiger partial charge in [0.1, 0.15) is 5.82 Å². The van der Waals surface area contributed by atoms with Crippen molar-refractivity contribution in [3.63, 3.8) is 0 Å². The van der Waals surface area contributed by atoms with E-state index < -0.39 is 0 Å². The lowest BCUT2D eigenvalue weighted by atomic mass is 10.2. The summed E-state index contributed by atoms with van der Waals surface area (Å²) in [6.45, 7) is 5.14. The highest BCUT2D eigenvalue weighted by Crippen LogP contribution is 2.23. The summed E-state index contributed by atoms with van der Waals surface area (Å²) >= 11 is 1.75. The molecular formula is C12H18N4S. The molecule has 0 amide bonds. The third-order valence-corrected chi connectivity index (χ3v) is 3.89. The number of rotatable bonds is 5. The molecular weight excluding hydrogens is 232 g/mol. The Kier molecular flexibility index (Phi) is 3.91. The van der Waals surface area contributed by atoms with Crippen LogP contribution >= 0.6 is 11.3 Å². The van der Waals surface area contributed by atoms with Crippen LogP contribution in [0.2, 0.25) is 0 Å². The summed E-state index contributed by atoms with van der Waals surface area (Å²) in [7, 11) is 1.99. The van der Waals surface area contributed by atoms with E-state index in [1.807, 2.05) is 32.6 Å². The zero-order chi connectivity index (χ0) is 12.3. The molecule has 2 aromatic heterocycles. The van der Waals surface area contributed by atoms with Crippen LogP contribution in [0.25, 0.3) is 0 Å². The standard InChI is InChI=1S/C12H18N4S/c1-4-16-6-5-14-12(16)7-10(13-3)11-8-15-9(2)17-11/h5-6,8,10,13H,4,7H2,1-3H3. The van der Waals surface area contributed by atoms with Gasteiger partial charge in [-0.15, -0.1) is 11.3 Å². The summed E-state index contributed by atoms with van der Waals surface area (Å²) in [4.78, 5) is 10.00. The molecule has 2 aromatic rings. The first-order valence-electron chi connectivity index (χ1n) is 5.84. The van der Waals surface area contributed by atoms with Crippen LogP contribution in [-0.4, -0.2) is 21.6 Å². The minimum absolute atomic E-state index is 0.300. The van der Waals surface area contributed by atoms with Gasteiger partial charge in [-0.1, -0.05) is 0 Å². The molecule has 1 atom stereocenters. The number of hydrogen-bond donors (Lipinski definition) is 1. The zero-order valence-corrected chi connectivity index (χ0v) is 11.3. The number of nitrogens with zero attached hydrogens (tertiary/aromatic N) is 3. The van der Waals surface area contributed by atoms with E-state index in [0.717, 1.165) is 23.8 Å². The van der Waals surface area contributed by atoms with Gasteiger partial charge in [0.2, 0.25) is 0 Å². The van der Waals surface area contributed by atoms with Gasteiger partial charge in [-0.25, -0.2) is 9.97 Å². The second-order valence-corrected chi connectivity index (χ2v) is 5.22. The minimum Gasteiger partial charge on any atom is -0.335 e. The summed E-state index contributed by atoms with van der Waals surface area (Å²) in [5.41, 5.74) is 0. The van der Waals surface area contributed by atoms with Gasteiger partial charge in [0.05, 0.1) is 5.01 Å². The Morgan fingerprint density at radius 1 is 1.47 bits per heavy atom. The zero-order valence-electron chi connectivity index (χ0n) is 10.5. The lowest BCUT2D eigenvalue weighted by Gasteiger charge is -2.14. The molecule has 0 fully saturated rings. The molecule has 4 nitrogen and oxygen atoms in total. The normalized spacial score (nSPS) is 12.9. The highest BCUT2D eigenvalue weighted by Gasteiger charge is 2.15. The molecule has 2 heterocycles. The third-order valence-electron chi connectivity index (χ3n) is 2.86. The SMILES string of the molecule is CCn1ccnc1CC(NC)c1cnc(C)s1. The van der Waals surface area contributed by atoms with E-state index >= 15 is 0 Å². The van der Waals surface area contributed by atoms with E-state index in [9.17, 15) is 0 Å². The first-order chi connectivity index (χ1) is 8.24. The Labute approximate surface area is 106 Å². The van der Waals surface area contributed by atoms with Crippen molar-refractivity contribution in [3.05, 3.63) is 34.3 Å². The van der Waals surface area contributed by atoms with Crippen molar-refractivity contribution < 1.29 is 0 Å². The molecule has 0 spiro atoms. The van der Waals surface area contributed by atoms with E-state index in [2.05, 4.69) is 26.8 Å². The van der Waals surface area contributed by atoms with Crippen molar-refractivity contribution in [1.82, 2.24) is 19.9 Å². The van der Waals surface area contributed by atoms with E-state index in [1.54, 1.807) is 11.3 Å². The van der Waals surface area contributed by atoms with Crippen molar-refractivity contribution in [2.75, 3.05) is 7.05 Å². The van der Waals surface area contributed by atoms with Crippen LogP contribution < -0.4 is 5.32 Å². The number of thiazole rings is 1. The van der Waals surface area contributed by atoms with Gasteiger partial charge in [-0.2, -0.15) is 0 Å². The average molecular weight is 250 g/mol. The van der Waals surface area contributed by atoms with Crippen LogP contribution in [0.5, 0.6) is 0 Å². The largest absolute Gasteiger partial charge is 0.335 e. The summed E-state index contributed by atoms with van der Waals surface area (Å²) in [6.07, 6.45) is 6.75. The molecule has 5 heteroatoms. The van der Waals surface area contributed by atoms with Crippen LogP contribution in [-0.2, 0) is 13.0 Å². The Morgan fingerprint density at radius 3 is 2.88 bits per heavy atom. The van der Waals surface area contributed by atoms with Gasteiger partial charge in [0, 0.05) is 42.5 Å². The van der Waals surface area contributed by atoms with E-state index in [-0.39, 0.29) is 0 Å². The fraction of sp³-hybridized carbons (Fsp3) is 0.500. The van der Waals surface area contributed by atoms with Gasteiger partial charge in [0.15, 0.2) is 0 Å². The minimum atomic E-state index is 0.300. The summed E-state index contributed by atoms with van der Waals surface area (Å²) in [5.74, 6) is 1.12. The number of likely N-dealkylation sites (N-methyl/N-ethyl adjacent to an activating group) is 1. The van der Waals surface area contributed by atoms with Crippen LogP contribution in [0.1, 0.15) is 28.7 Å². The molecule has 0 aliphatic carbocycles. The molecule has 0 aliphatic heterocycles. The van der Waals surface area contributed by atoms with Crippen LogP contribution in [0.4, 0.5) is 0 Å². The van der Waals surface area contributed by atoms with Crippen LogP contribution in [0, 0.1) is 6.92 Å². The van der Waals surface area contributed by atoms with Gasteiger partial charge in [0.25, 0.3) is 0 Å². The lowest BCUT2D eigenvalue weighted by molar-refractivity contribution is 0.559. The van der Waals surface area contributed by atoms with Crippen molar-refractivity contribution in [2.24, 2.45) is 0 Å². The van der Waals surface area contributed by atoms with E-state index in [1.165, 1.54) is 4.88 Å². The lowest BCUT2D eigenvalue weighted by Crippen LogP contribution is -2.19. The van der Waals surface area contributed by atoms with Gasteiger partial charge >= 0.3 is 0 Å². The predicted molar refractivity (Wildman–Crippen MR) is 70.3 cm³/mol. The topological polar surface area (TPSA) is 42.7 Å². The van der Waals surface area contributed by atoms with Crippen molar-refractivity contribution >= 4 is 11.3 Å². The third kappa shape index (κ3) is 2.73. The van der Waals surface area contributed by atoms with Gasteiger partial charge in [-0.05, 0) is 20.9 Å². The molecule has 1 unspecified atom stereocenters. The maximum Gasteiger partial charge on any atom is 0.110 e. The maximum absolute atomic E-state index is 4.41. The van der Waals surface area contributed by atoms with Crippen molar-refractivity contribution in [3.8, 4) is 0 Å². The highest BCUT2D eigenvalue weighted by molar-refractivity contribution is 7.11. The first kappa shape index (κ1) is 12.3. The average Bonchev–Trinajstić information content (AvgIpc) is 2.94. The number of hydrogen-bond acceptors (Lipinski definition) is 4. The second-order valence-electron chi connectivity index (χ2n) is 3.96. The van der Waals surface area contributed by atoms with E-state index in [4.69, 9.17) is 0 Å². The fourth-order valence-electron chi connectivity index (χ4n) is 1.88. The summed E-state index contributed by atoms with van der Waals surface area (Å²) in [6, 6.07) is 0.300. The first-order valence-corrected chi connectivity index (χ1v) is 6.65. The maximum atomic E-state index is 4.41.